The first-order chi connectivity index (χ1) is 10.6. The summed E-state index contributed by atoms with van der Waals surface area (Å²) in [6, 6.07) is 8.49. The summed E-state index contributed by atoms with van der Waals surface area (Å²) in [6.45, 7) is 2.63. The lowest BCUT2D eigenvalue weighted by molar-refractivity contribution is 0.0694. The number of carboxylic acids is 1. The molecule has 0 saturated heterocycles. The molecule has 0 aliphatic heterocycles. The van der Waals surface area contributed by atoms with Crippen LogP contribution in [0.4, 0.5) is 0 Å². The number of unbranched alkanes of at least 4 members (excludes halogenated alkanes) is 3. The number of carbonyl (C=O) groups is 1. The summed E-state index contributed by atoms with van der Waals surface area (Å²) in [5.74, 6) is -1.19. The van der Waals surface area contributed by atoms with Gasteiger partial charge in [-0.15, -0.1) is 0 Å². The van der Waals surface area contributed by atoms with Gasteiger partial charge in [0.15, 0.2) is 0 Å². The van der Waals surface area contributed by atoms with Crippen molar-refractivity contribution in [3.8, 4) is 11.4 Å². The highest BCUT2D eigenvalue weighted by molar-refractivity contribution is 5.87. The summed E-state index contributed by atoms with van der Waals surface area (Å²) >= 11 is 0. The zero-order chi connectivity index (χ0) is 15.9. The van der Waals surface area contributed by atoms with E-state index >= 15 is 0 Å². The summed E-state index contributed by atoms with van der Waals surface area (Å²) in [5, 5.41) is 9.13. The van der Waals surface area contributed by atoms with Crippen LogP contribution in [0.2, 0.25) is 0 Å². The van der Waals surface area contributed by atoms with Gasteiger partial charge in [0.1, 0.15) is 5.56 Å². The normalized spacial score (nSPS) is 10.6. The summed E-state index contributed by atoms with van der Waals surface area (Å²) in [7, 11) is 0. The van der Waals surface area contributed by atoms with Crippen molar-refractivity contribution in [1.29, 1.82) is 0 Å². The van der Waals surface area contributed by atoms with Crippen molar-refractivity contribution in [1.82, 2.24) is 9.55 Å². The van der Waals surface area contributed by atoms with Crippen molar-refractivity contribution in [2.75, 3.05) is 0 Å². The quantitative estimate of drug-likeness (QED) is 0.797. The summed E-state index contributed by atoms with van der Waals surface area (Å²) in [5.41, 5.74) is 0.668. The Bertz CT molecular complexity index is 693. The Labute approximate surface area is 129 Å². The van der Waals surface area contributed by atoms with E-state index in [1.54, 1.807) is 18.3 Å². The topological polar surface area (TPSA) is 72.2 Å². The second-order valence-corrected chi connectivity index (χ2v) is 5.17. The van der Waals surface area contributed by atoms with E-state index in [0.717, 1.165) is 25.7 Å². The Balaban J connectivity index is 2.42. The second-order valence-electron chi connectivity index (χ2n) is 5.17. The van der Waals surface area contributed by atoms with E-state index in [-0.39, 0.29) is 5.56 Å². The van der Waals surface area contributed by atoms with Gasteiger partial charge in [-0.25, -0.2) is 4.79 Å². The van der Waals surface area contributed by atoms with E-state index in [2.05, 4.69) is 11.9 Å². The fourth-order valence-corrected chi connectivity index (χ4v) is 2.40. The molecule has 0 aromatic carbocycles. The molecular weight excluding hydrogens is 280 g/mol. The highest BCUT2D eigenvalue weighted by atomic mass is 16.4. The van der Waals surface area contributed by atoms with Crippen LogP contribution in [0.15, 0.2) is 41.3 Å². The van der Waals surface area contributed by atoms with Gasteiger partial charge in [-0.05, 0) is 30.7 Å². The van der Waals surface area contributed by atoms with E-state index in [0.29, 0.717) is 17.9 Å². The van der Waals surface area contributed by atoms with Crippen LogP contribution in [0.25, 0.3) is 11.4 Å². The van der Waals surface area contributed by atoms with Gasteiger partial charge >= 0.3 is 5.97 Å². The second kappa shape index (κ2) is 7.54. The third-order valence-electron chi connectivity index (χ3n) is 3.57. The smallest absolute Gasteiger partial charge is 0.341 e. The standard InChI is InChI=1S/C17H20N2O3/c1-2-3-4-7-12-19-15(14-8-5-6-11-18-14)10-9-13(16(19)20)17(21)22/h5-6,8-11H,2-4,7,12H2,1H3,(H,21,22). The molecule has 0 unspecified atom stereocenters. The molecule has 0 atom stereocenters. The summed E-state index contributed by atoms with van der Waals surface area (Å²) < 4.78 is 1.53. The molecule has 0 radical (unpaired) electrons. The van der Waals surface area contributed by atoms with Gasteiger partial charge < -0.3 is 9.67 Å². The van der Waals surface area contributed by atoms with Crippen molar-refractivity contribution in [3.63, 3.8) is 0 Å². The van der Waals surface area contributed by atoms with Crippen LogP contribution < -0.4 is 5.56 Å². The highest BCUT2D eigenvalue weighted by Gasteiger charge is 2.15. The third-order valence-corrected chi connectivity index (χ3v) is 3.57. The lowest BCUT2D eigenvalue weighted by Gasteiger charge is -2.13. The summed E-state index contributed by atoms with van der Waals surface area (Å²) in [4.78, 5) is 27.9. The largest absolute Gasteiger partial charge is 0.477 e. The van der Waals surface area contributed by atoms with Gasteiger partial charge in [0.25, 0.3) is 5.56 Å². The SMILES string of the molecule is CCCCCCn1c(-c2ccccn2)ccc(C(=O)O)c1=O. The zero-order valence-corrected chi connectivity index (χ0v) is 12.7. The van der Waals surface area contributed by atoms with Gasteiger partial charge in [-0.2, -0.15) is 0 Å². The van der Waals surface area contributed by atoms with Gasteiger partial charge in [-0.1, -0.05) is 32.3 Å². The molecule has 0 aliphatic carbocycles. The van der Waals surface area contributed by atoms with E-state index in [4.69, 9.17) is 5.11 Å². The van der Waals surface area contributed by atoms with Crippen molar-refractivity contribution >= 4 is 5.97 Å². The molecule has 5 heteroatoms. The molecule has 0 spiro atoms. The maximum Gasteiger partial charge on any atom is 0.341 e. The van der Waals surface area contributed by atoms with E-state index in [1.807, 2.05) is 12.1 Å². The minimum absolute atomic E-state index is 0.199. The Morgan fingerprint density at radius 2 is 2.00 bits per heavy atom. The molecule has 116 valence electrons. The Morgan fingerprint density at radius 1 is 1.18 bits per heavy atom. The van der Waals surface area contributed by atoms with Gasteiger partial charge in [-0.3, -0.25) is 9.78 Å². The maximum atomic E-state index is 12.4. The van der Waals surface area contributed by atoms with Crippen LogP contribution in [0.3, 0.4) is 0 Å². The van der Waals surface area contributed by atoms with Crippen LogP contribution in [0.5, 0.6) is 0 Å². The van der Waals surface area contributed by atoms with Gasteiger partial charge in [0, 0.05) is 12.7 Å². The fraction of sp³-hybridized carbons (Fsp3) is 0.353. The van der Waals surface area contributed by atoms with Crippen molar-refractivity contribution in [3.05, 3.63) is 52.4 Å². The van der Waals surface area contributed by atoms with E-state index in [9.17, 15) is 9.59 Å². The van der Waals surface area contributed by atoms with Crippen LogP contribution in [0.1, 0.15) is 43.0 Å². The Morgan fingerprint density at radius 3 is 2.64 bits per heavy atom. The van der Waals surface area contributed by atoms with Crippen LogP contribution in [0, 0.1) is 0 Å². The number of aromatic nitrogens is 2. The zero-order valence-electron chi connectivity index (χ0n) is 12.7. The molecule has 1 N–H and O–H groups in total. The number of carboxylic acid groups (broad SMARTS) is 1. The Kier molecular flexibility index (Phi) is 5.47. The number of nitrogens with zero attached hydrogens (tertiary/aromatic N) is 2. The van der Waals surface area contributed by atoms with Crippen LogP contribution in [-0.4, -0.2) is 20.6 Å². The van der Waals surface area contributed by atoms with E-state index < -0.39 is 11.5 Å². The molecule has 2 rings (SSSR count). The van der Waals surface area contributed by atoms with Crippen LogP contribution >= 0.6 is 0 Å². The third kappa shape index (κ3) is 3.61. The number of rotatable bonds is 7. The molecular formula is C17H20N2O3. The maximum absolute atomic E-state index is 12.4. The first-order valence-electron chi connectivity index (χ1n) is 7.53. The fourth-order valence-electron chi connectivity index (χ4n) is 2.40. The molecule has 0 fully saturated rings. The number of aromatic carboxylic acids is 1. The average Bonchev–Trinajstić information content (AvgIpc) is 2.53. The monoisotopic (exact) mass is 300 g/mol. The molecule has 0 saturated carbocycles. The molecule has 2 heterocycles. The van der Waals surface area contributed by atoms with Gasteiger partial charge in [0.05, 0.1) is 11.4 Å². The summed E-state index contributed by atoms with van der Waals surface area (Å²) in [6.07, 6.45) is 5.73. The van der Waals surface area contributed by atoms with Gasteiger partial charge in [0.2, 0.25) is 0 Å². The number of hydrogen-bond acceptors (Lipinski definition) is 3. The molecule has 2 aromatic rings. The molecule has 22 heavy (non-hydrogen) atoms. The molecule has 0 bridgehead atoms. The van der Waals surface area contributed by atoms with Crippen molar-refractivity contribution in [2.24, 2.45) is 0 Å². The molecule has 0 aliphatic rings. The first kappa shape index (κ1) is 15.9. The lowest BCUT2D eigenvalue weighted by atomic mass is 10.1. The predicted octanol–water partition coefficient (Wildman–Crippen LogP) is 3.19. The molecule has 5 nitrogen and oxygen atoms in total. The first-order valence-corrected chi connectivity index (χ1v) is 7.53. The Hall–Kier alpha value is -2.43. The number of pyridine rings is 2. The molecule has 0 amide bonds. The molecule has 2 aromatic heterocycles. The minimum Gasteiger partial charge on any atom is -0.477 e. The predicted molar refractivity (Wildman–Crippen MR) is 85.0 cm³/mol. The van der Waals surface area contributed by atoms with Crippen molar-refractivity contribution < 1.29 is 9.90 Å². The number of hydrogen-bond donors (Lipinski definition) is 1. The van der Waals surface area contributed by atoms with Crippen molar-refractivity contribution in [2.45, 2.75) is 39.2 Å². The lowest BCUT2D eigenvalue weighted by Crippen LogP contribution is -2.27. The highest BCUT2D eigenvalue weighted by Crippen LogP contribution is 2.16. The van der Waals surface area contributed by atoms with E-state index in [1.165, 1.54) is 10.6 Å². The van der Waals surface area contributed by atoms with Crippen LogP contribution in [-0.2, 0) is 6.54 Å². The minimum atomic E-state index is -1.19. The average molecular weight is 300 g/mol.